The standard InChI is InChI=1S/C21H20N4O4S2/c22-10-15-13-4-2-1-3-5-16(13)31-20(15)24-17(26)11-29-18(27)6-8-25-12-23-19-14(21(25)28)7-9-30-19/h7,9,12H,1-6,8,11H2,(H,24,26). The number of fused-ring (bicyclic) bond motifs is 2. The van der Waals surface area contributed by atoms with Crippen LogP contribution >= 0.6 is 22.7 Å². The molecule has 1 aliphatic rings. The molecule has 0 unspecified atom stereocenters. The van der Waals surface area contributed by atoms with Gasteiger partial charge >= 0.3 is 5.97 Å². The Balaban J connectivity index is 1.31. The maximum absolute atomic E-state index is 12.3. The molecule has 0 saturated heterocycles. The summed E-state index contributed by atoms with van der Waals surface area (Å²) >= 11 is 2.81. The van der Waals surface area contributed by atoms with Gasteiger partial charge in [-0.1, -0.05) is 6.42 Å². The monoisotopic (exact) mass is 456 g/mol. The number of aromatic nitrogens is 2. The summed E-state index contributed by atoms with van der Waals surface area (Å²) in [5.74, 6) is -1.07. The fourth-order valence-corrected chi connectivity index (χ4v) is 5.57. The van der Waals surface area contributed by atoms with E-state index in [9.17, 15) is 19.6 Å². The van der Waals surface area contributed by atoms with Gasteiger partial charge in [-0.2, -0.15) is 5.26 Å². The molecule has 0 spiro atoms. The zero-order valence-corrected chi connectivity index (χ0v) is 18.3. The zero-order chi connectivity index (χ0) is 21.8. The normalized spacial score (nSPS) is 13.3. The molecule has 0 bridgehead atoms. The number of anilines is 1. The number of amides is 1. The lowest BCUT2D eigenvalue weighted by molar-refractivity contribution is -0.147. The third-order valence-corrected chi connectivity index (χ3v) is 7.19. The third-order valence-electron chi connectivity index (χ3n) is 5.16. The number of nitrogens with zero attached hydrogens (tertiary/aromatic N) is 3. The van der Waals surface area contributed by atoms with Crippen LogP contribution in [0.2, 0.25) is 0 Å². The fraction of sp³-hybridized carbons (Fsp3) is 0.381. The Bertz CT molecular complexity index is 1230. The number of nitriles is 1. The molecule has 10 heteroatoms. The first kappa shape index (κ1) is 21.2. The molecule has 3 heterocycles. The number of esters is 1. The number of ether oxygens (including phenoxy) is 1. The van der Waals surface area contributed by atoms with E-state index in [1.54, 1.807) is 11.4 Å². The Morgan fingerprint density at radius 2 is 2.13 bits per heavy atom. The van der Waals surface area contributed by atoms with Gasteiger partial charge in [0.1, 0.15) is 15.9 Å². The molecule has 1 N–H and O–H groups in total. The van der Waals surface area contributed by atoms with Gasteiger partial charge in [0, 0.05) is 11.4 Å². The number of carbonyl (C=O) groups excluding carboxylic acids is 2. The molecule has 4 rings (SSSR count). The molecule has 0 aromatic carbocycles. The van der Waals surface area contributed by atoms with Crippen LogP contribution in [-0.2, 0) is 33.7 Å². The third kappa shape index (κ3) is 4.68. The molecule has 0 radical (unpaired) electrons. The molecule has 1 amide bonds. The number of thiophene rings is 2. The van der Waals surface area contributed by atoms with Crippen molar-refractivity contribution in [1.29, 1.82) is 5.26 Å². The number of hydrogen-bond acceptors (Lipinski definition) is 8. The van der Waals surface area contributed by atoms with Crippen LogP contribution in [0.1, 0.15) is 41.7 Å². The van der Waals surface area contributed by atoms with E-state index in [1.807, 2.05) is 0 Å². The topological polar surface area (TPSA) is 114 Å². The molecule has 8 nitrogen and oxygen atoms in total. The molecule has 0 fully saturated rings. The minimum absolute atomic E-state index is 0.0543. The van der Waals surface area contributed by atoms with Gasteiger partial charge in [0.25, 0.3) is 11.5 Å². The van der Waals surface area contributed by atoms with Crippen molar-refractivity contribution in [2.24, 2.45) is 0 Å². The van der Waals surface area contributed by atoms with Gasteiger partial charge in [-0.15, -0.1) is 22.7 Å². The molecule has 0 saturated carbocycles. The average molecular weight is 457 g/mol. The van der Waals surface area contributed by atoms with Gasteiger partial charge in [-0.25, -0.2) is 4.98 Å². The Morgan fingerprint density at radius 3 is 2.97 bits per heavy atom. The summed E-state index contributed by atoms with van der Waals surface area (Å²) in [6.45, 7) is -0.322. The lowest BCUT2D eigenvalue weighted by Crippen LogP contribution is -2.24. The summed E-state index contributed by atoms with van der Waals surface area (Å²) in [4.78, 5) is 42.6. The molecule has 31 heavy (non-hydrogen) atoms. The van der Waals surface area contributed by atoms with E-state index in [0.717, 1.165) is 42.5 Å². The lowest BCUT2D eigenvalue weighted by atomic mass is 10.1. The quantitative estimate of drug-likeness (QED) is 0.450. The maximum Gasteiger partial charge on any atom is 0.308 e. The Hall–Kier alpha value is -3.03. The van der Waals surface area contributed by atoms with E-state index >= 15 is 0 Å². The lowest BCUT2D eigenvalue weighted by Gasteiger charge is -2.07. The van der Waals surface area contributed by atoms with Crippen molar-refractivity contribution in [1.82, 2.24) is 9.55 Å². The van der Waals surface area contributed by atoms with Crippen molar-refractivity contribution in [3.63, 3.8) is 0 Å². The summed E-state index contributed by atoms with van der Waals surface area (Å²) in [6, 6.07) is 3.91. The summed E-state index contributed by atoms with van der Waals surface area (Å²) in [7, 11) is 0. The van der Waals surface area contributed by atoms with E-state index < -0.39 is 18.5 Å². The van der Waals surface area contributed by atoms with E-state index in [4.69, 9.17) is 4.74 Å². The highest BCUT2D eigenvalue weighted by atomic mass is 32.1. The number of carbonyl (C=O) groups is 2. The molecule has 1 aliphatic carbocycles. The zero-order valence-electron chi connectivity index (χ0n) is 16.7. The van der Waals surface area contributed by atoms with Gasteiger partial charge in [-0.3, -0.25) is 19.0 Å². The largest absolute Gasteiger partial charge is 0.456 e. The first-order chi connectivity index (χ1) is 15.1. The van der Waals surface area contributed by atoms with Gasteiger partial charge < -0.3 is 10.1 Å². The molecular formula is C21H20N4O4S2. The highest BCUT2D eigenvalue weighted by Crippen LogP contribution is 2.36. The van der Waals surface area contributed by atoms with Crippen LogP contribution in [0.25, 0.3) is 10.2 Å². The van der Waals surface area contributed by atoms with E-state index in [-0.39, 0.29) is 18.5 Å². The van der Waals surface area contributed by atoms with E-state index in [1.165, 1.54) is 33.6 Å². The van der Waals surface area contributed by atoms with E-state index in [0.29, 0.717) is 20.8 Å². The molecule has 0 aliphatic heterocycles. The predicted molar refractivity (Wildman–Crippen MR) is 118 cm³/mol. The second-order valence-electron chi connectivity index (χ2n) is 7.22. The van der Waals surface area contributed by atoms with Crippen LogP contribution in [0.4, 0.5) is 5.00 Å². The number of rotatable bonds is 6. The van der Waals surface area contributed by atoms with Crippen molar-refractivity contribution in [2.45, 2.75) is 45.1 Å². The Kier molecular flexibility index (Phi) is 6.44. The highest BCUT2D eigenvalue weighted by molar-refractivity contribution is 7.17. The van der Waals surface area contributed by atoms with Gasteiger partial charge in [0.15, 0.2) is 6.61 Å². The van der Waals surface area contributed by atoms with Crippen molar-refractivity contribution in [3.8, 4) is 6.07 Å². The van der Waals surface area contributed by atoms with Crippen molar-refractivity contribution >= 4 is 49.8 Å². The second-order valence-corrected chi connectivity index (χ2v) is 9.22. The first-order valence-electron chi connectivity index (χ1n) is 9.99. The molecule has 160 valence electrons. The van der Waals surface area contributed by atoms with Gasteiger partial charge in [0.05, 0.1) is 23.7 Å². The van der Waals surface area contributed by atoms with Crippen LogP contribution in [0.15, 0.2) is 22.6 Å². The van der Waals surface area contributed by atoms with Crippen molar-refractivity contribution in [2.75, 3.05) is 11.9 Å². The summed E-state index contributed by atoms with van der Waals surface area (Å²) < 4.78 is 6.40. The van der Waals surface area contributed by atoms with Crippen LogP contribution in [0.5, 0.6) is 0 Å². The fourth-order valence-electron chi connectivity index (χ4n) is 3.59. The van der Waals surface area contributed by atoms with Crippen LogP contribution in [0, 0.1) is 11.3 Å². The van der Waals surface area contributed by atoms with Gasteiger partial charge in [-0.05, 0) is 42.7 Å². The number of nitrogens with one attached hydrogen (secondary N) is 1. The molecule has 0 atom stereocenters. The predicted octanol–water partition coefficient (Wildman–Crippen LogP) is 3.23. The van der Waals surface area contributed by atoms with Crippen LogP contribution in [-0.4, -0.2) is 28.0 Å². The smallest absolute Gasteiger partial charge is 0.308 e. The Labute approximate surface area is 186 Å². The highest BCUT2D eigenvalue weighted by Gasteiger charge is 2.21. The summed E-state index contributed by atoms with van der Waals surface area (Å²) in [6.07, 6.45) is 6.40. The average Bonchev–Trinajstić information content (AvgIpc) is 3.30. The minimum Gasteiger partial charge on any atom is -0.456 e. The number of hydrogen-bond donors (Lipinski definition) is 1. The molecule has 3 aromatic heterocycles. The SMILES string of the molecule is N#Cc1c(NC(=O)COC(=O)CCn2cnc3sccc3c2=O)sc2c1CCCCC2. The molecule has 3 aromatic rings. The van der Waals surface area contributed by atoms with Gasteiger partial charge in [0.2, 0.25) is 0 Å². The Morgan fingerprint density at radius 1 is 1.29 bits per heavy atom. The van der Waals surface area contributed by atoms with Crippen LogP contribution < -0.4 is 10.9 Å². The van der Waals surface area contributed by atoms with E-state index in [2.05, 4.69) is 16.4 Å². The number of aryl methyl sites for hydroxylation is 2. The minimum atomic E-state index is -0.588. The summed E-state index contributed by atoms with van der Waals surface area (Å²) in [5, 5.41) is 15.1. The molecular weight excluding hydrogens is 436 g/mol. The summed E-state index contributed by atoms with van der Waals surface area (Å²) in [5.41, 5.74) is 1.36. The second kappa shape index (κ2) is 9.41. The van der Waals surface area contributed by atoms with Crippen LogP contribution in [0.3, 0.4) is 0 Å². The van der Waals surface area contributed by atoms with Crippen molar-refractivity contribution < 1.29 is 14.3 Å². The first-order valence-corrected chi connectivity index (χ1v) is 11.7. The maximum atomic E-state index is 12.3. The van der Waals surface area contributed by atoms with Crippen molar-refractivity contribution in [3.05, 3.63) is 44.1 Å².